The van der Waals surface area contributed by atoms with Gasteiger partial charge in [0.15, 0.2) is 0 Å². The van der Waals surface area contributed by atoms with E-state index >= 15 is 0 Å². The Morgan fingerprint density at radius 3 is 2.57 bits per heavy atom. The summed E-state index contributed by atoms with van der Waals surface area (Å²) in [5.74, 6) is 1.68. The molecule has 0 unspecified atom stereocenters. The fraction of sp³-hybridized carbons (Fsp3) is 0.850. The summed E-state index contributed by atoms with van der Waals surface area (Å²) in [6.07, 6.45) is 13.8. The van der Waals surface area contributed by atoms with E-state index in [2.05, 4.69) is 6.92 Å². The van der Waals surface area contributed by atoms with Crippen molar-refractivity contribution in [2.24, 2.45) is 23.2 Å². The quantitative estimate of drug-likeness (QED) is 0.783. The molecule has 23 heavy (non-hydrogen) atoms. The molecule has 0 spiro atoms. The molecule has 4 atom stereocenters. The van der Waals surface area contributed by atoms with E-state index in [0.717, 1.165) is 37.2 Å². The topological polar surface area (TPSA) is 46.5 Å². The van der Waals surface area contributed by atoms with Gasteiger partial charge in [-0.3, -0.25) is 0 Å². The summed E-state index contributed by atoms with van der Waals surface area (Å²) in [6, 6.07) is 0. The second-order valence-electron chi connectivity index (χ2n) is 8.77. The Morgan fingerprint density at radius 1 is 1.09 bits per heavy atom. The molecule has 0 aromatic heterocycles. The fourth-order valence-electron chi connectivity index (χ4n) is 6.27. The van der Waals surface area contributed by atoms with E-state index in [9.17, 15) is 9.90 Å². The van der Waals surface area contributed by atoms with Gasteiger partial charge in [0.05, 0.1) is 5.60 Å². The second kappa shape index (κ2) is 5.61. The van der Waals surface area contributed by atoms with Crippen LogP contribution in [0.5, 0.6) is 0 Å². The predicted molar refractivity (Wildman–Crippen MR) is 88.7 cm³/mol. The normalized spacial score (nSPS) is 44.8. The van der Waals surface area contributed by atoms with Gasteiger partial charge >= 0.3 is 5.97 Å². The molecule has 128 valence electrons. The van der Waals surface area contributed by atoms with E-state index in [1.54, 1.807) is 6.08 Å². The van der Waals surface area contributed by atoms with Crippen molar-refractivity contribution in [2.45, 2.75) is 76.7 Å². The summed E-state index contributed by atoms with van der Waals surface area (Å²) in [7, 11) is 0. The highest BCUT2D eigenvalue weighted by Gasteiger charge is 2.60. The predicted octanol–water partition coefficient (Wildman–Crippen LogP) is 4.00. The highest BCUT2D eigenvalue weighted by Crippen LogP contribution is 2.62. The van der Waals surface area contributed by atoms with E-state index in [4.69, 9.17) is 4.74 Å². The summed E-state index contributed by atoms with van der Waals surface area (Å²) >= 11 is 0. The van der Waals surface area contributed by atoms with Crippen LogP contribution < -0.4 is 0 Å². The molecular weight excluding hydrogens is 288 g/mol. The average Bonchev–Trinajstić information content (AvgIpc) is 3.08. The lowest BCUT2D eigenvalue weighted by Crippen LogP contribution is -2.51. The number of fused-ring (bicyclic) bond motifs is 1. The summed E-state index contributed by atoms with van der Waals surface area (Å²) in [5, 5.41) is 11.5. The van der Waals surface area contributed by atoms with E-state index in [0.29, 0.717) is 18.4 Å². The zero-order chi connectivity index (χ0) is 16.1. The summed E-state index contributed by atoms with van der Waals surface area (Å²) in [6.45, 7) is 2.71. The number of cyclic esters (lactones) is 1. The maximum Gasteiger partial charge on any atom is 0.331 e. The van der Waals surface area contributed by atoms with Crippen molar-refractivity contribution < 1.29 is 14.6 Å². The average molecular weight is 318 g/mol. The van der Waals surface area contributed by atoms with Crippen molar-refractivity contribution in [1.82, 2.24) is 0 Å². The number of ether oxygens (including phenoxy) is 1. The molecule has 3 nitrogen and oxygen atoms in total. The van der Waals surface area contributed by atoms with Gasteiger partial charge in [0, 0.05) is 11.5 Å². The molecule has 0 saturated heterocycles. The van der Waals surface area contributed by atoms with E-state index in [1.165, 1.54) is 38.5 Å². The number of rotatable bonds is 2. The van der Waals surface area contributed by atoms with Crippen molar-refractivity contribution in [3.8, 4) is 0 Å². The van der Waals surface area contributed by atoms with Gasteiger partial charge in [0.25, 0.3) is 0 Å². The first-order valence-electron chi connectivity index (χ1n) is 9.61. The van der Waals surface area contributed by atoms with Crippen LogP contribution in [0, 0.1) is 23.2 Å². The first kappa shape index (κ1) is 15.7. The lowest BCUT2D eigenvalue weighted by atomic mass is 9.56. The van der Waals surface area contributed by atoms with Crippen LogP contribution in [0.15, 0.2) is 11.6 Å². The van der Waals surface area contributed by atoms with Crippen LogP contribution in [0.4, 0.5) is 0 Å². The Labute approximate surface area is 139 Å². The smallest absolute Gasteiger partial charge is 0.331 e. The number of carbonyl (C=O) groups is 1. The van der Waals surface area contributed by atoms with Crippen molar-refractivity contribution in [1.29, 1.82) is 0 Å². The molecule has 3 saturated carbocycles. The number of hydrogen-bond donors (Lipinski definition) is 1. The molecule has 1 aliphatic heterocycles. The molecule has 4 rings (SSSR count). The van der Waals surface area contributed by atoms with Crippen LogP contribution in [0.25, 0.3) is 0 Å². The molecule has 1 heterocycles. The maximum absolute atomic E-state index is 11.5. The lowest BCUT2D eigenvalue weighted by Gasteiger charge is -2.51. The van der Waals surface area contributed by atoms with Crippen LogP contribution in [0.2, 0.25) is 0 Å². The highest BCUT2D eigenvalue weighted by molar-refractivity contribution is 5.85. The first-order valence-corrected chi connectivity index (χ1v) is 9.61. The Bertz CT molecular complexity index is 519. The van der Waals surface area contributed by atoms with Crippen LogP contribution >= 0.6 is 0 Å². The van der Waals surface area contributed by atoms with Crippen molar-refractivity contribution in [2.75, 3.05) is 6.61 Å². The first-order chi connectivity index (χ1) is 11.0. The van der Waals surface area contributed by atoms with Gasteiger partial charge in [0.1, 0.15) is 6.61 Å². The molecule has 3 aliphatic carbocycles. The number of aliphatic hydroxyl groups is 1. The van der Waals surface area contributed by atoms with Crippen molar-refractivity contribution in [3.63, 3.8) is 0 Å². The molecule has 0 bridgehead atoms. The van der Waals surface area contributed by atoms with Gasteiger partial charge in [0.2, 0.25) is 0 Å². The van der Waals surface area contributed by atoms with Crippen molar-refractivity contribution >= 4 is 5.97 Å². The zero-order valence-electron chi connectivity index (χ0n) is 14.4. The van der Waals surface area contributed by atoms with Gasteiger partial charge in [-0.25, -0.2) is 4.79 Å². The van der Waals surface area contributed by atoms with Crippen LogP contribution in [0.1, 0.15) is 71.1 Å². The van der Waals surface area contributed by atoms with E-state index < -0.39 is 5.60 Å². The van der Waals surface area contributed by atoms with Gasteiger partial charge in [-0.1, -0.05) is 39.0 Å². The van der Waals surface area contributed by atoms with Crippen molar-refractivity contribution in [3.05, 3.63) is 11.6 Å². The highest BCUT2D eigenvalue weighted by atomic mass is 16.5. The molecule has 0 radical (unpaired) electrons. The monoisotopic (exact) mass is 318 g/mol. The molecule has 3 fully saturated rings. The minimum Gasteiger partial charge on any atom is -0.458 e. The second-order valence-corrected chi connectivity index (χ2v) is 8.77. The SMILES string of the molecule is C[C@]12CC[C@H](C3CCCCC3)C[C@@]1(O)CC[C@@H]2C1=CC(=O)OC1. The van der Waals surface area contributed by atoms with Crippen LogP contribution in [-0.4, -0.2) is 23.3 Å². The summed E-state index contributed by atoms with van der Waals surface area (Å²) in [4.78, 5) is 11.5. The Hall–Kier alpha value is -0.830. The third kappa shape index (κ3) is 2.47. The fourth-order valence-corrected chi connectivity index (χ4v) is 6.27. The molecule has 1 N–H and O–H groups in total. The van der Waals surface area contributed by atoms with E-state index in [1.807, 2.05) is 0 Å². The molecule has 0 aromatic carbocycles. The Morgan fingerprint density at radius 2 is 1.87 bits per heavy atom. The Kier molecular flexibility index (Phi) is 3.83. The minimum atomic E-state index is -0.537. The number of hydrogen-bond acceptors (Lipinski definition) is 3. The Balaban J connectivity index is 1.53. The standard InChI is InChI=1S/C20H30O3/c1-19-9-7-15(14-5-3-2-4-6-14)12-20(19,22)10-8-17(19)16-11-18(21)23-13-16/h11,14-15,17,22H,2-10,12-13H2,1H3/t15-,17+,19+,20-/m0/s1. The summed E-state index contributed by atoms with van der Waals surface area (Å²) in [5.41, 5.74) is 0.521. The molecule has 3 heteroatoms. The zero-order valence-corrected chi connectivity index (χ0v) is 14.4. The number of carbonyl (C=O) groups excluding carboxylic acids is 1. The summed E-state index contributed by atoms with van der Waals surface area (Å²) < 4.78 is 5.14. The van der Waals surface area contributed by atoms with Gasteiger partial charge in [-0.05, 0) is 55.4 Å². The third-order valence-corrected chi connectivity index (χ3v) is 7.76. The van der Waals surface area contributed by atoms with Gasteiger partial charge in [-0.15, -0.1) is 0 Å². The largest absolute Gasteiger partial charge is 0.458 e. The van der Waals surface area contributed by atoms with Crippen LogP contribution in [0.3, 0.4) is 0 Å². The molecular formula is C20H30O3. The van der Waals surface area contributed by atoms with E-state index in [-0.39, 0.29) is 11.4 Å². The minimum absolute atomic E-state index is 0.0714. The third-order valence-electron chi connectivity index (χ3n) is 7.76. The van der Waals surface area contributed by atoms with Crippen LogP contribution in [-0.2, 0) is 9.53 Å². The maximum atomic E-state index is 11.5. The number of esters is 1. The van der Waals surface area contributed by atoms with Gasteiger partial charge < -0.3 is 9.84 Å². The molecule has 0 amide bonds. The lowest BCUT2D eigenvalue weighted by molar-refractivity contribution is -0.135. The molecule has 4 aliphatic rings. The van der Waals surface area contributed by atoms with Gasteiger partial charge in [-0.2, -0.15) is 0 Å². The molecule has 0 aromatic rings.